The lowest BCUT2D eigenvalue weighted by Gasteiger charge is -2.14. The zero-order valence-electron chi connectivity index (χ0n) is 7.31. The van der Waals surface area contributed by atoms with Crippen molar-refractivity contribution in [2.75, 3.05) is 0 Å². The molecule has 0 aromatic heterocycles. The Kier molecular flexibility index (Phi) is 2.58. The minimum absolute atomic E-state index is 0.324. The van der Waals surface area contributed by atoms with Crippen molar-refractivity contribution in [3.8, 4) is 0 Å². The molecule has 0 N–H and O–H groups in total. The van der Waals surface area contributed by atoms with Crippen LogP contribution in [0, 0.1) is 13.8 Å². The van der Waals surface area contributed by atoms with Crippen LogP contribution < -0.4 is 0 Å². The molecule has 0 saturated heterocycles. The van der Waals surface area contributed by atoms with E-state index in [0.717, 1.165) is 0 Å². The van der Waals surface area contributed by atoms with Crippen molar-refractivity contribution in [2.24, 2.45) is 10.2 Å². The maximum Gasteiger partial charge on any atom is 0.0761 e. The van der Waals surface area contributed by atoms with Gasteiger partial charge in [0.05, 0.1) is 11.1 Å². The highest BCUT2D eigenvalue weighted by molar-refractivity contribution is 4.83. The van der Waals surface area contributed by atoms with Crippen LogP contribution in [0.3, 0.4) is 0 Å². The SMILES string of the molecule is [CH2]C(C)(C)N=NC([CH2])(C)C. The van der Waals surface area contributed by atoms with Crippen LogP contribution in [0.25, 0.3) is 0 Å². The van der Waals surface area contributed by atoms with E-state index in [1.807, 2.05) is 27.7 Å². The highest BCUT2D eigenvalue weighted by atomic mass is 15.2. The van der Waals surface area contributed by atoms with Gasteiger partial charge in [0, 0.05) is 0 Å². The Bertz CT molecular complexity index is 107. The summed E-state index contributed by atoms with van der Waals surface area (Å²) in [7, 11) is 0. The lowest BCUT2D eigenvalue weighted by atomic mass is 10.1. The van der Waals surface area contributed by atoms with Crippen LogP contribution in [-0.2, 0) is 0 Å². The van der Waals surface area contributed by atoms with Crippen LogP contribution in [0.5, 0.6) is 0 Å². The molecule has 0 fully saturated rings. The Labute approximate surface area is 63.7 Å². The third kappa shape index (κ3) is 7.60. The third-order valence-electron chi connectivity index (χ3n) is 0.591. The van der Waals surface area contributed by atoms with E-state index in [9.17, 15) is 0 Å². The highest BCUT2D eigenvalue weighted by Gasteiger charge is 2.11. The monoisotopic (exact) mass is 140 g/mol. The first kappa shape index (κ1) is 9.60. The van der Waals surface area contributed by atoms with Gasteiger partial charge >= 0.3 is 0 Å². The van der Waals surface area contributed by atoms with E-state index >= 15 is 0 Å². The van der Waals surface area contributed by atoms with Crippen molar-refractivity contribution in [2.45, 2.75) is 38.8 Å². The van der Waals surface area contributed by atoms with Crippen LogP contribution in [0.1, 0.15) is 27.7 Å². The number of hydrogen-bond acceptors (Lipinski definition) is 2. The molecule has 0 rings (SSSR count). The Balaban J connectivity index is 4.01. The molecule has 0 aromatic rings. The van der Waals surface area contributed by atoms with Gasteiger partial charge in [0.25, 0.3) is 0 Å². The van der Waals surface area contributed by atoms with Crippen LogP contribution in [-0.4, -0.2) is 11.1 Å². The summed E-state index contributed by atoms with van der Waals surface area (Å²) in [5, 5.41) is 7.96. The summed E-state index contributed by atoms with van der Waals surface area (Å²) in [6, 6.07) is 0. The summed E-state index contributed by atoms with van der Waals surface area (Å²) in [5.41, 5.74) is -0.649. The fourth-order valence-corrected chi connectivity index (χ4v) is 0.271. The van der Waals surface area contributed by atoms with E-state index in [1.165, 1.54) is 0 Å². The minimum atomic E-state index is -0.324. The van der Waals surface area contributed by atoms with Gasteiger partial charge in [-0.25, -0.2) is 0 Å². The van der Waals surface area contributed by atoms with Crippen molar-refractivity contribution < 1.29 is 0 Å². The maximum absolute atomic E-state index is 3.98. The van der Waals surface area contributed by atoms with Gasteiger partial charge < -0.3 is 0 Å². The first-order valence-electron chi connectivity index (χ1n) is 3.35. The molecule has 0 aromatic carbocycles. The Morgan fingerprint density at radius 1 is 0.800 bits per heavy atom. The van der Waals surface area contributed by atoms with E-state index in [-0.39, 0.29) is 11.1 Å². The van der Waals surface area contributed by atoms with Gasteiger partial charge in [0.1, 0.15) is 0 Å². The Morgan fingerprint density at radius 3 is 1.10 bits per heavy atom. The summed E-state index contributed by atoms with van der Waals surface area (Å²) in [4.78, 5) is 0. The topological polar surface area (TPSA) is 24.7 Å². The molecule has 0 heterocycles. The Hall–Kier alpha value is -0.400. The molecule has 58 valence electrons. The second-order valence-electron chi connectivity index (χ2n) is 3.82. The van der Waals surface area contributed by atoms with Crippen LogP contribution in [0.15, 0.2) is 10.2 Å². The van der Waals surface area contributed by atoms with Gasteiger partial charge in [-0.3, -0.25) is 0 Å². The van der Waals surface area contributed by atoms with E-state index in [0.29, 0.717) is 0 Å². The maximum atomic E-state index is 3.98. The number of nitrogens with zero attached hydrogens (tertiary/aromatic N) is 2. The summed E-state index contributed by atoms with van der Waals surface area (Å²) >= 11 is 0. The Morgan fingerprint density at radius 2 is 1.00 bits per heavy atom. The molecule has 10 heavy (non-hydrogen) atoms. The molecule has 0 aliphatic heterocycles. The van der Waals surface area contributed by atoms with Gasteiger partial charge in [0.15, 0.2) is 0 Å². The molecule has 0 amide bonds. The molecule has 2 heteroatoms. The predicted molar refractivity (Wildman–Crippen MR) is 43.7 cm³/mol. The minimum Gasteiger partial charge on any atom is -0.187 e. The van der Waals surface area contributed by atoms with Gasteiger partial charge in [0.2, 0.25) is 0 Å². The molecule has 2 nitrogen and oxygen atoms in total. The number of azo groups is 1. The smallest absolute Gasteiger partial charge is 0.0761 e. The predicted octanol–water partition coefficient (Wildman–Crippen LogP) is 2.66. The molecule has 0 spiro atoms. The van der Waals surface area contributed by atoms with Crippen molar-refractivity contribution in [3.63, 3.8) is 0 Å². The molecular formula is C8H16N2. The van der Waals surface area contributed by atoms with Crippen LogP contribution >= 0.6 is 0 Å². The standard InChI is InChI=1S/C8H16N2/c1-7(2,3)9-10-8(4,5)6/h1,4H2,2-3,5-6H3. The van der Waals surface area contributed by atoms with Gasteiger partial charge in [-0.1, -0.05) is 0 Å². The van der Waals surface area contributed by atoms with Crippen molar-refractivity contribution in [1.82, 2.24) is 0 Å². The normalized spacial score (nSPS) is 14.6. The van der Waals surface area contributed by atoms with Gasteiger partial charge in [-0.05, 0) is 41.5 Å². The largest absolute Gasteiger partial charge is 0.187 e. The molecule has 0 atom stereocenters. The second-order valence-corrected chi connectivity index (χ2v) is 3.82. The lowest BCUT2D eigenvalue weighted by Crippen LogP contribution is -2.14. The van der Waals surface area contributed by atoms with E-state index in [1.54, 1.807) is 0 Å². The molecule has 0 aliphatic rings. The molecule has 0 aliphatic carbocycles. The zero-order valence-corrected chi connectivity index (χ0v) is 7.31. The summed E-state index contributed by atoms with van der Waals surface area (Å²) in [6.07, 6.45) is 0. The van der Waals surface area contributed by atoms with Crippen molar-refractivity contribution in [1.29, 1.82) is 0 Å². The van der Waals surface area contributed by atoms with E-state index in [2.05, 4.69) is 24.1 Å². The second kappa shape index (κ2) is 2.69. The average molecular weight is 140 g/mol. The van der Waals surface area contributed by atoms with Crippen LogP contribution in [0.2, 0.25) is 0 Å². The third-order valence-corrected chi connectivity index (χ3v) is 0.591. The molecule has 0 unspecified atom stereocenters. The molecular weight excluding hydrogens is 124 g/mol. The van der Waals surface area contributed by atoms with Crippen LogP contribution in [0.4, 0.5) is 0 Å². The van der Waals surface area contributed by atoms with E-state index in [4.69, 9.17) is 0 Å². The fraction of sp³-hybridized carbons (Fsp3) is 0.750. The van der Waals surface area contributed by atoms with Gasteiger partial charge in [-0.15, -0.1) is 0 Å². The summed E-state index contributed by atoms with van der Waals surface area (Å²) in [6.45, 7) is 15.2. The number of rotatable bonds is 2. The quantitative estimate of drug-likeness (QED) is 0.527. The van der Waals surface area contributed by atoms with Gasteiger partial charge in [-0.2, -0.15) is 10.2 Å². The van der Waals surface area contributed by atoms with Crippen molar-refractivity contribution in [3.05, 3.63) is 13.8 Å². The van der Waals surface area contributed by atoms with Crippen molar-refractivity contribution >= 4 is 0 Å². The zero-order chi connectivity index (χ0) is 8.41. The number of hydrogen-bond donors (Lipinski definition) is 0. The molecule has 0 saturated carbocycles. The molecule has 0 bridgehead atoms. The fourth-order valence-electron chi connectivity index (χ4n) is 0.271. The first-order valence-corrected chi connectivity index (χ1v) is 3.35. The highest BCUT2D eigenvalue weighted by Crippen LogP contribution is 2.12. The lowest BCUT2D eigenvalue weighted by molar-refractivity contribution is 0.522. The summed E-state index contributed by atoms with van der Waals surface area (Å²) in [5.74, 6) is 0. The first-order chi connectivity index (χ1) is 4.21. The average Bonchev–Trinajstić information content (AvgIpc) is 1.57. The summed E-state index contributed by atoms with van der Waals surface area (Å²) < 4.78 is 0. The molecule has 2 radical (unpaired) electrons. The van der Waals surface area contributed by atoms with E-state index < -0.39 is 0 Å².